The van der Waals surface area contributed by atoms with Crippen molar-refractivity contribution in [2.24, 2.45) is 10.9 Å². The molecule has 0 saturated carbocycles. The summed E-state index contributed by atoms with van der Waals surface area (Å²) in [5.41, 5.74) is 0.196. The van der Waals surface area contributed by atoms with Crippen molar-refractivity contribution in [2.45, 2.75) is 18.6 Å². The van der Waals surface area contributed by atoms with E-state index in [-0.39, 0.29) is 23.7 Å². The van der Waals surface area contributed by atoms with Gasteiger partial charge < -0.3 is 14.8 Å². The monoisotopic (exact) mass is 481 g/mol. The fourth-order valence-electron chi connectivity index (χ4n) is 4.07. The van der Waals surface area contributed by atoms with Crippen LogP contribution in [-0.4, -0.2) is 59.0 Å². The average Bonchev–Trinajstić information content (AvgIpc) is 3.46. The highest BCUT2D eigenvalue weighted by Gasteiger charge is 2.35. The van der Waals surface area contributed by atoms with Crippen molar-refractivity contribution in [3.8, 4) is 6.07 Å². The number of amides is 2. The minimum Gasteiger partial charge on any atom is -0.351 e. The van der Waals surface area contributed by atoms with E-state index in [9.17, 15) is 28.0 Å². The highest BCUT2D eigenvalue weighted by Crippen LogP contribution is 2.31. The van der Waals surface area contributed by atoms with Gasteiger partial charge in [0.15, 0.2) is 0 Å². The van der Waals surface area contributed by atoms with Crippen LogP contribution in [0.25, 0.3) is 10.9 Å². The first-order valence-electron chi connectivity index (χ1n) is 10.9. The van der Waals surface area contributed by atoms with E-state index in [0.29, 0.717) is 18.4 Å². The molecule has 7 nitrogen and oxygen atoms in total. The number of alkyl halides is 3. The molecule has 1 aromatic heterocycles. The largest absolute Gasteiger partial charge is 0.416 e. The third-order valence-corrected chi connectivity index (χ3v) is 5.89. The van der Waals surface area contributed by atoms with Crippen LogP contribution in [0.1, 0.15) is 22.5 Å². The molecule has 1 fully saturated rings. The molecule has 180 valence electrons. The Morgan fingerprint density at radius 2 is 1.97 bits per heavy atom. The fourth-order valence-corrected chi connectivity index (χ4v) is 4.07. The normalized spacial score (nSPS) is 18.2. The SMILES string of the molecule is CN(CC(=O)N1CC(C=Nc2ccccc2)CC1C#N)C(=O)c1cc2ccc(C(F)(F)F)cc2[nH]1. The molecule has 2 unspecified atom stereocenters. The number of carbonyl (C=O) groups is 2. The van der Waals surface area contributed by atoms with Gasteiger partial charge in [-0.15, -0.1) is 0 Å². The van der Waals surface area contributed by atoms with E-state index in [1.54, 1.807) is 6.21 Å². The van der Waals surface area contributed by atoms with E-state index in [4.69, 9.17) is 0 Å². The lowest BCUT2D eigenvalue weighted by Gasteiger charge is -2.23. The van der Waals surface area contributed by atoms with Gasteiger partial charge in [0.25, 0.3) is 5.91 Å². The number of likely N-dealkylation sites (N-methyl/N-ethyl adjacent to an activating group) is 1. The van der Waals surface area contributed by atoms with Gasteiger partial charge in [0.1, 0.15) is 11.7 Å². The van der Waals surface area contributed by atoms with Crippen molar-refractivity contribution in [1.82, 2.24) is 14.8 Å². The summed E-state index contributed by atoms with van der Waals surface area (Å²) in [6.45, 7) is 0.0325. The predicted molar refractivity (Wildman–Crippen MR) is 124 cm³/mol. The van der Waals surface area contributed by atoms with Crippen molar-refractivity contribution >= 4 is 34.6 Å². The number of halogens is 3. The van der Waals surface area contributed by atoms with Crippen molar-refractivity contribution in [3.05, 3.63) is 65.9 Å². The standard InChI is InChI=1S/C25H22F3N5O2/c1-32(24(35)22-10-17-7-8-18(25(26,27)28)11-21(17)31-22)15-23(34)33-14-16(9-20(33)12-29)13-30-19-5-3-2-4-6-19/h2-8,10-11,13,16,20,31H,9,14-15H2,1H3. The van der Waals surface area contributed by atoms with E-state index >= 15 is 0 Å². The zero-order valence-electron chi connectivity index (χ0n) is 18.8. The molecule has 2 heterocycles. The number of para-hydroxylation sites is 1. The highest BCUT2D eigenvalue weighted by atomic mass is 19.4. The number of aromatic amines is 1. The first-order valence-corrected chi connectivity index (χ1v) is 10.9. The number of hydrogen-bond donors (Lipinski definition) is 1. The molecule has 2 amide bonds. The molecule has 2 atom stereocenters. The van der Waals surface area contributed by atoms with Crippen LogP contribution in [0.2, 0.25) is 0 Å². The summed E-state index contributed by atoms with van der Waals surface area (Å²) in [5.74, 6) is -1.03. The van der Waals surface area contributed by atoms with Crippen LogP contribution in [0, 0.1) is 17.2 Å². The number of benzene rings is 2. The maximum absolute atomic E-state index is 13.0. The number of fused-ring (bicyclic) bond motifs is 1. The lowest BCUT2D eigenvalue weighted by atomic mass is 10.1. The average molecular weight is 481 g/mol. The molecular weight excluding hydrogens is 459 g/mol. The molecule has 1 N–H and O–H groups in total. The minimum atomic E-state index is -4.50. The van der Waals surface area contributed by atoms with Gasteiger partial charge in [-0.05, 0) is 36.8 Å². The van der Waals surface area contributed by atoms with Crippen LogP contribution in [0.3, 0.4) is 0 Å². The third-order valence-electron chi connectivity index (χ3n) is 5.89. The molecule has 2 aromatic carbocycles. The topological polar surface area (TPSA) is 92.6 Å². The molecule has 4 rings (SSSR count). The van der Waals surface area contributed by atoms with Crippen molar-refractivity contribution in [3.63, 3.8) is 0 Å². The Bertz CT molecular complexity index is 1310. The summed E-state index contributed by atoms with van der Waals surface area (Å²) in [6.07, 6.45) is -2.31. The number of carbonyl (C=O) groups excluding carboxylic acids is 2. The summed E-state index contributed by atoms with van der Waals surface area (Å²) >= 11 is 0. The molecule has 0 aliphatic carbocycles. The van der Waals surface area contributed by atoms with Gasteiger partial charge in [-0.1, -0.05) is 24.3 Å². The van der Waals surface area contributed by atoms with Crippen LogP contribution in [-0.2, 0) is 11.0 Å². The summed E-state index contributed by atoms with van der Waals surface area (Å²) in [7, 11) is 1.43. The van der Waals surface area contributed by atoms with Gasteiger partial charge in [-0.2, -0.15) is 18.4 Å². The number of H-pyrrole nitrogens is 1. The van der Waals surface area contributed by atoms with Gasteiger partial charge >= 0.3 is 6.18 Å². The zero-order valence-corrected chi connectivity index (χ0v) is 18.8. The van der Waals surface area contributed by atoms with E-state index in [2.05, 4.69) is 16.0 Å². The number of nitrogens with one attached hydrogen (secondary N) is 1. The molecule has 0 bridgehead atoms. The summed E-state index contributed by atoms with van der Waals surface area (Å²) in [5, 5.41) is 9.97. The second kappa shape index (κ2) is 9.62. The minimum absolute atomic E-state index is 0.0701. The lowest BCUT2D eigenvalue weighted by molar-refractivity contribution is -0.137. The predicted octanol–water partition coefficient (Wildman–Crippen LogP) is 4.40. The van der Waals surface area contributed by atoms with Gasteiger partial charge in [0.05, 0.1) is 23.9 Å². The maximum atomic E-state index is 13.0. The molecule has 1 aliphatic heterocycles. The van der Waals surface area contributed by atoms with Gasteiger partial charge in [0, 0.05) is 36.6 Å². The van der Waals surface area contributed by atoms with Gasteiger partial charge in [-0.25, -0.2) is 0 Å². The van der Waals surface area contributed by atoms with Crippen LogP contribution < -0.4 is 0 Å². The van der Waals surface area contributed by atoms with Crippen molar-refractivity contribution < 1.29 is 22.8 Å². The van der Waals surface area contributed by atoms with E-state index in [0.717, 1.165) is 17.8 Å². The van der Waals surface area contributed by atoms with Crippen LogP contribution in [0.4, 0.5) is 18.9 Å². The Hall–Kier alpha value is -4.13. The molecule has 3 aromatic rings. The smallest absolute Gasteiger partial charge is 0.351 e. The zero-order chi connectivity index (χ0) is 25.2. The van der Waals surface area contributed by atoms with Crippen LogP contribution in [0.5, 0.6) is 0 Å². The van der Waals surface area contributed by atoms with Gasteiger partial charge in [0.2, 0.25) is 5.91 Å². The second-order valence-electron chi connectivity index (χ2n) is 8.44. The Morgan fingerprint density at radius 3 is 2.66 bits per heavy atom. The lowest BCUT2D eigenvalue weighted by Crippen LogP contribution is -2.43. The number of nitrogens with zero attached hydrogens (tertiary/aromatic N) is 4. The molecular formula is C25H22F3N5O2. The fraction of sp³-hybridized carbons (Fsp3) is 0.280. The van der Waals surface area contributed by atoms with Crippen molar-refractivity contribution in [2.75, 3.05) is 20.1 Å². The van der Waals surface area contributed by atoms with E-state index in [1.807, 2.05) is 30.3 Å². The maximum Gasteiger partial charge on any atom is 0.416 e. The third kappa shape index (κ3) is 5.35. The number of nitriles is 1. The Kier molecular flexibility index (Phi) is 6.60. The quantitative estimate of drug-likeness (QED) is 0.548. The Balaban J connectivity index is 1.42. The molecule has 0 spiro atoms. The molecule has 35 heavy (non-hydrogen) atoms. The first-order chi connectivity index (χ1) is 16.7. The summed E-state index contributed by atoms with van der Waals surface area (Å²) < 4.78 is 38.9. The Morgan fingerprint density at radius 1 is 1.23 bits per heavy atom. The molecule has 1 saturated heterocycles. The Labute approximate surface area is 199 Å². The number of aromatic nitrogens is 1. The first kappa shape index (κ1) is 24.0. The molecule has 0 radical (unpaired) electrons. The number of aliphatic imine (C=N–C) groups is 1. The second-order valence-corrected chi connectivity index (χ2v) is 8.44. The molecule has 10 heteroatoms. The summed E-state index contributed by atoms with van der Waals surface area (Å²) in [6, 6.07) is 15.4. The number of hydrogen-bond acceptors (Lipinski definition) is 4. The highest BCUT2D eigenvalue weighted by molar-refractivity contribution is 5.99. The van der Waals surface area contributed by atoms with Gasteiger partial charge in [-0.3, -0.25) is 14.6 Å². The van der Waals surface area contributed by atoms with Crippen molar-refractivity contribution in [1.29, 1.82) is 5.26 Å². The van der Waals surface area contributed by atoms with Crippen LogP contribution >= 0.6 is 0 Å². The number of rotatable bonds is 5. The van der Waals surface area contributed by atoms with Crippen LogP contribution in [0.15, 0.2) is 59.6 Å². The molecule has 1 aliphatic rings. The van der Waals surface area contributed by atoms with E-state index < -0.39 is 29.6 Å². The van der Waals surface area contributed by atoms with E-state index in [1.165, 1.54) is 29.0 Å². The number of likely N-dealkylation sites (tertiary alicyclic amines) is 1. The summed E-state index contributed by atoms with van der Waals surface area (Å²) in [4.78, 5) is 35.5.